The first-order chi connectivity index (χ1) is 7.89. The number of nitrogens with zero attached hydrogens (tertiary/aromatic N) is 1. The topological polar surface area (TPSA) is 73.1 Å². The summed E-state index contributed by atoms with van der Waals surface area (Å²) in [7, 11) is -4.31. The van der Waals surface area contributed by atoms with Crippen LogP contribution in [0.5, 0.6) is 0 Å². The molecule has 0 aliphatic heterocycles. The summed E-state index contributed by atoms with van der Waals surface area (Å²) in [6.45, 7) is 0. The predicted octanol–water partition coefficient (Wildman–Crippen LogP) is 1.74. The Morgan fingerprint density at radius 2 is 2.00 bits per heavy atom. The molecule has 90 valence electrons. The Morgan fingerprint density at radius 1 is 1.29 bits per heavy atom. The van der Waals surface area contributed by atoms with E-state index in [2.05, 4.69) is 4.98 Å². The second-order valence-corrected chi connectivity index (χ2v) is 5.57. The lowest BCUT2D eigenvalue weighted by Crippen LogP contribution is -2.15. The van der Waals surface area contributed by atoms with Crippen molar-refractivity contribution in [1.29, 1.82) is 0 Å². The molecule has 0 radical (unpaired) electrons. The number of rotatable bonds is 2. The van der Waals surface area contributed by atoms with E-state index < -0.39 is 26.6 Å². The number of sulfonamides is 1. The minimum absolute atomic E-state index is 0.187. The van der Waals surface area contributed by atoms with Gasteiger partial charge < -0.3 is 0 Å². The van der Waals surface area contributed by atoms with Crippen molar-refractivity contribution in [2.75, 3.05) is 0 Å². The van der Waals surface area contributed by atoms with Gasteiger partial charge in [-0.3, -0.25) is 0 Å². The molecule has 0 aliphatic rings. The molecule has 17 heavy (non-hydrogen) atoms. The van der Waals surface area contributed by atoms with Gasteiger partial charge in [-0.05, 0) is 12.1 Å². The summed E-state index contributed by atoms with van der Waals surface area (Å²) in [6, 6.07) is 1.42. The van der Waals surface area contributed by atoms with Gasteiger partial charge in [-0.1, -0.05) is 0 Å². The highest BCUT2D eigenvalue weighted by Crippen LogP contribution is 2.29. The van der Waals surface area contributed by atoms with Gasteiger partial charge in [0, 0.05) is 11.6 Å². The SMILES string of the molecule is NS(=O)(=O)c1cc(F)cc(-c2nccs2)c1F. The van der Waals surface area contributed by atoms with E-state index in [0.717, 1.165) is 17.4 Å². The Hall–Kier alpha value is -1.38. The molecule has 1 heterocycles. The number of hydrogen-bond acceptors (Lipinski definition) is 4. The van der Waals surface area contributed by atoms with Crippen LogP contribution in [0.15, 0.2) is 28.6 Å². The van der Waals surface area contributed by atoms with Crippen molar-refractivity contribution >= 4 is 21.4 Å². The summed E-state index contributed by atoms with van der Waals surface area (Å²) < 4.78 is 49.2. The van der Waals surface area contributed by atoms with E-state index >= 15 is 0 Å². The summed E-state index contributed by atoms with van der Waals surface area (Å²) in [5.41, 5.74) is -0.218. The van der Waals surface area contributed by atoms with Gasteiger partial charge in [-0.2, -0.15) is 0 Å². The molecule has 0 aliphatic carbocycles. The molecule has 4 nitrogen and oxygen atoms in total. The third-order valence-electron chi connectivity index (χ3n) is 1.97. The molecule has 0 saturated heterocycles. The lowest BCUT2D eigenvalue weighted by Gasteiger charge is -2.05. The molecular weight excluding hydrogens is 270 g/mol. The van der Waals surface area contributed by atoms with Crippen LogP contribution in [-0.4, -0.2) is 13.4 Å². The van der Waals surface area contributed by atoms with E-state index in [0.29, 0.717) is 6.07 Å². The number of nitrogens with two attached hydrogens (primary N) is 1. The van der Waals surface area contributed by atoms with Crippen LogP contribution in [0, 0.1) is 11.6 Å². The summed E-state index contributed by atoms with van der Waals surface area (Å²) in [4.78, 5) is 2.92. The highest BCUT2D eigenvalue weighted by atomic mass is 32.2. The lowest BCUT2D eigenvalue weighted by molar-refractivity contribution is 0.556. The Bertz CT molecular complexity index is 654. The molecule has 0 bridgehead atoms. The van der Waals surface area contributed by atoms with Crippen LogP contribution in [0.3, 0.4) is 0 Å². The number of hydrogen-bond donors (Lipinski definition) is 1. The zero-order chi connectivity index (χ0) is 12.6. The molecule has 2 N–H and O–H groups in total. The summed E-state index contributed by atoms with van der Waals surface area (Å²) in [5, 5.41) is 6.55. The quantitative estimate of drug-likeness (QED) is 0.908. The number of benzene rings is 1. The van der Waals surface area contributed by atoms with Crippen LogP contribution >= 0.6 is 11.3 Å². The monoisotopic (exact) mass is 276 g/mol. The highest BCUT2D eigenvalue weighted by Gasteiger charge is 2.21. The van der Waals surface area contributed by atoms with Crippen molar-refractivity contribution in [3.05, 3.63) is 35.3 Å². The number of aromatic nitrogens is 1. The lowest BCUT2D eigenvalue weighted by atomic mass is 10.2. The third kappa shape index (κ3) is 2.33. The van der Waals surface area contributed by atoms with E-state index in [1.807, 2.05) is 0 Å². The zero-order valence-corrected chi connectivity index (χ0v) is 9.86. The molecular formula is C9H6F2N2O2S2. The maximum Gasteiger partial charge on any atom is 0.241 e. The van der Waals surface area contributed by atoms with E-state index in [-0.39, 0.29) is 10.6 Å². The first-order valence-electron chi connectivity index (χ1n) is 4.31. The van der Waals surface area contributed by atoms with E-state index in [1.165, 1.54) is 6.20 Å². The smallest absolute Gasteiger partial charge is 0.241 e. The summed E-state index contributed by atoms with van der Waals surface area (Å²) >= 11 is 1.06. The van der Waals surface area contributed by atoms with Gasteiger partial charge in [0.15, 0.2) is 5.82 Å². The molecule has 1 aromatic heterocycles. The van der Waals surface area contributed by atoms with E-state index in [9.17, 15) is 17.2 Å². The standard InChI is InChI=1S/C9H6F2N2O2S2/c10-5-3-6(9-13-1-2-16-9)8(11)7(4-5)17(12,14)15/h1-4H,(H2,12,14,15). The summed E-state index contributed by atoms with van der Waals surface area (Å²) in [6.07, 6.45) is 1.40. The first kappa shape index (κ1) is 12.1. The minimum atomic E-state index is -4.31. The van der Waals surface area contributed by atoms with Gasteiger partial charge in [0.1, 0.15) is 15.7 Å². The van der Waals surface area contributed by atoms with Gasteiger partial charge in [-0.25, -0.2) is 27.3 Å². The van der Waals surface area contributed by atoms with Crippen LogP contribution in [0.2, 0.25) is 0 Å². The molecule has 2 aromatic rings. The molecule has 8 heteroatoms. The van der Waals surface area contributed by atoms with E-state index in [1.54, 1.807) is 5.38 Å². The second kappa shape index (κ2) is 4.13. The normalized spacial score (nSPS) is 11.7. The van der Waals surface area contributed by atoms with Crippen LogP contribution in [-0.2, 0) is 10.0 Å². The second-order valence-electron chi connectivity index (χ2n) is 3.15. The van der Waals surface area contributed by atoms with Crippen molar-refractivity contribution in [1.82, 2.24) is 4.98 Å². The molecule has 2 rings (SSSR count). The average Bonchev–Trinajstić information content (AvgIpc) is 2.72. The van der Waals surface area contributed by atoms with Crippen LogP contribution in [0.25, 0.3) is 10.6 Å². The molecule has 0 spiro atoms. The van der Waals surface area contributed by atoms with Gasteiger partial charge >= 0.3 is 0 Å². The van der Waals surface area contributed by atoms with Crippen molar-refractivity contribution < 1.29 is 17.2 Å². The zero-order valence-electron chi connectivity index (χ0n) is 8.22. The third-order valence-corrected chi connectivity index (χ3v) is 3.69. The van der Waals surface area contributed by atoms with Crippen molar-refractivity contribution in [3.8, 4) is 10.6 Å². The maximum atomic E-state index is 13.9. The molecule has 1 aromatic carbocycles. The Balaban J connectivity index is 2.75. The summed E-state index contributed by atoms with van der Waals surface area (Å²) in [5.74, 6) is -1.98. The van der Waals surface area contributed by atoms with Crippen molar-refractivity contribution in [2.45, 2.75) is 4.90 Å². The molecule has 0 amide bonds. The predicted molar refractivity (Wildman–Crippen MR) is 58.8 cm³/mol. The Kier molecular flexibility index (Phi) is 2.94. The van der Waals surface area contributed by atoms with Gasteiger partial charge in [-0.15, -0.1) is 11.3 Å². The van der Waals surface area contributed by atoms with Gasteiger partial charge in [0.05, 0.1) is 5.56 Å². The van der Waals surface area contributed by atoms with Crippen LogP contribution in [0.1, 0.15) is 0 Å². The van der Waals surface area contributed by atoms with Crippen molar-refractivity contribution in [3.63, 3.8) is 0 Å². The van der Waals surface area contributed by atoms with Gasteiger partial charge in [0.25, 0.3) is 0 Å². The molecule has 0 atom stereocenters. The molecule has 0 fully saturated rings. The van der Waals surface area contributed by atoms with E-state index in [4.69, 9.17) is 5.14 Å². The fourth-order valence-electron chi connectivity index (χ4n) is 1.28. The maximum absolute atomic E-state index is 13.9. The number of thiazole rings is 1. The van der Waals surface area contributed by atoms with Crippen molar-refractivity contribution in [2.24, 2.45) is 5.14 Å². The Labute approximate surface area is 99.8 Å². The minimum Gasteiger partial charge on any atom is -0.244 e. The number of halogens is 2. The fourth-order valence-corrected chi connectivity index (χ4v) is 2.57. The fraction of sp³-hybridized carbons (Fsp3) is 0. The average molecular weight is 276 g/mol. The highest BCUT2D eigenvalue weighted by molar-refractivity contribution is 7.89. The molecule has 0 unspecified atom stereocenters. The largest absolute Gasteiger partial charge is 0.244 e. The first-order valence-corrected chi connectivity index (χ1v) is 6.74. The number of primary sulfonamides is 1. The van der Waals surface area contributed by atoms with Gasteiger partial charge in [0.2, 0.25) is 10.0 Å². The van der Waals surface area contributed by atoms with Crippen LogP contribution in [0.4, 0.5) is 8.78 Å². The Morgan fingerprint density at radius 3 is 2.53 bits per heavy atom. The molecule has 0 saturated carbocycles. The van der Waals surface area contributed by atoms with Crippen LogP contribution < -0.4 is 5.14 Å².